The van der Waals surface area contributed by atoms with Crippen molar-refractivity contribution in [3.63, 3.8) is 0 Å². The van der Waals surface area contributed by atoms with Crippen molar-refractivity contribution in [2.24, 2.45) is 0 Å². The van der Waals surface area contributed by atoms with Crippen LogP contribution in [0.15, 0.2) is 0 Å². The van der Waals surface area contributed by atoms with E-state index in [0.717, 1.165) is 22.6 Å². The Morgan fingerprint density at radius 1 is 0.633 bits per heavy atom. The number of aliphatic carboxylic acids is 1. The first-order valence-electron chi connectivity index (χ1n) is 12.5. The van der Waals surface area contributed by atoms with Crippen LogP contribution in [0.5, 0.6) is 0 Å². The van der Waals surface area contributed by atoms with Crippen LogP contribution in [0.3, 0.4) is 0 Å². The van der Waals surface area contributed by atoms with Crippen molar-refractivity contribution in [2.45, 2.75) is 121 Å². The molecule has 294 valence electrons. The predicted octanol–water partition coefficient (Wildman–Crippen LogP) is 9.17. The van der Waals surface area contributed by atoms with Crippen LogP contribution in [0.2, 0.25) is 0 Å². The van der Waals surface area contributed by atoms with Crippen molar-refractivity contribution in [1.82, 2.24) is 0 Å². The Hall–Kier alpha value is -1.33. The van der Waals surface area contributed by atoms with Gasteiger partial charge in [-0.25, -0.2) is 13.6 Å². The van der Waals surface area contributed by atoms with Crippen molar-refractivity contribution < 1.29 is 115 Å². The van der Waals surface area contributed by atoms with Crippen LogP contribution < -0.4 is 0 Å². The van der Waals surface area contributed by atoms with Crippen LogP contribution in [0, 0.1) is 0 Å². The van der Waals surface area contributed by atoms with Gasteiger partial charge in [-0.1, -0.05) is 54.7 Å². The summed E-state index contributed by atoms with van der Waals surface area (Å²) in [7, 11) is -6.79. The van der Waals surface area contributed by atoms with Gasteiger partial charge in [0.05, 0.1) is 0 Å². The Morgan fingerprint density at radius 2 is 1.00 bits per heavy atom. The molecule has 0 radical (unpaired) electrons. The molecule has 0 rings (SSSR count). The third-order valence-corrected chi connectivity index (χ3v) is 8.37. The maximum absolute atomic E-state index is 14.1. The molecule has 2 unspecified atom stereocenters. The molecular weight excluding hydrogens is 887 g/mol. The summed E-state index contributed by atoms with van der Waals surface area (Å²) >= 11 is 0.840. The minimum atomic E-state index is -8.51. The molecule has 0 aromatic rings. The molecule has 0 saturated carbocycles. The zero-order valence-corrected chi connectivity index (χ0v) is 26.2. The fourth-order valence-corrected chi connectivity index (χ4v) is 4.87. The Balaban J connectivity index is 5.39. The largest absolute Gasteiger partial charge is 0.479 e. The van der Waals surface area contributed by atoms with Gasteiger partial charge in [-0.05, 0) is 12.8 Å². The minimum Gasteiger partial charge on any atom is -0.479 e. The van der Waals surface area contributed by atoms with Crippen LogP contribution in [0.1, 0.15) is 51.4 Å². The predicted molar refractivity (Wildman–Crippen MR) is 129 cm³/mol. The lowest BCUT2D eigenvalue weighted by Crippen LogP contribution is -2.73. The number of rotatable bonds is 22. The lowest BCUT2D eigenvalue weighted by molar-refractivity contribution is -0.447. The smallest absolute Gasteiger partial charge is 0.459 e. The summed E-state index contributed by atoms with van der Waals surface area (Å²) in [6.07, 6.45) is -20.5. The molecule has 28 heteroatoms. The summed E-state index contributed by atoms with van der Waals surface area (Å²) in [5.41, 5.74) is 0. The molecule has 2 atom stereocenters. The molecule has 49 heavy (non-hydrogen) atoms. The van der Waals surface area contributed by atoms with E-state index in [1.54, 1.807) is 0 Å². The average Bonchev–Trinajstić information content (AvgIpc) is 2.89. The Kier molecular flexibility index (Phi) is 14.9. The van der Waals surface area contributed by atoms with Gasteiger partial charge in [0, 0.05) is 10.3 Å². The van der Waals surface area contributed by atoms with Crippen molar-refractivity contribution in [3.8, 4) is 0 Å². The van der Waals surface area contributed by atoms with E-state index in [1.807, 2.05) is 0 Å². The van der Waals surface area contributed by atoms with Gasteiger partial charge in [-0.2, -0.15) is 87.4 Å². The molecule has 0 aromatic carbocycles. The highest BCUT2D eigenvalue weighted by atomic mass is 127. The minimum absolute atomic E-state index is 0.142. The van der Waals surface area contributed by atoms with Crippen LogP contribution in [0.25, 0.3) is 0 Å². The van der Waals surface area contributed by atoms with Crippen molar-refractivity contribution in [2.75, 3.05) is 0 Å². The van der Waals surface area contributed by atoms with Gasteiger partial charge in [-0.15, -0.1) is 0 Å². The molecule has 0 heterocycles. The van der Waals surface area contributed by atoms with Crippen LogP contribution in [-0.4, -0.2) is 93.3 Å². The number of carboxylic acid groups (broad SMARTS) is 1. The Bertz CT molecular complexity index is 1230. The maximum atomic E-state index is 14.1. The molecule has 0 aromatic heterocycles. The van der Waals surface area contributed by atoms with Gasteiger partial charge in [0.15, 0.2) is 6.10 Å². The lowest BCUT2D eigenvalue weighted by Gasteiger charge is -2.42. The number of carboxylic acids is 1. The van der Waals surface area contributed by atoms with E-state index >= 15 is 0 Å². The summed E-state index contributed by atoms with van der Waals surface area (Å²) in [6, 6.07) is 0. The number of unbranched alkanes of at least 4 members (excludes halogenated alkanes) is 4. The Labute approximate surface area is 274 Å². The summed E-state index contributed by atoms with van der Waals surface area (Å²) < 4.78 is 299. The second kappa shape index (κ2) is 15.3. The molecule has 0 bridgehead atoms. The molecule has 0 amide bonds. The van der Waals surface area contributed by atoms with Gasteiger partial charge >= 0.3 is 75.3 Å². The Morgan fingerprint density at radius 3 is 1.39 bits per heavy atom. The SMILES string of the molecule is O=C(O)C(CCCCCCCC(I)CC(F)(F)C(F)(F)C(F)(F)C(F)(F)C(F)(F)C(F)(F)C(F)(F)C(F)F)OC(F)(F)C(F)(F)S(=O)(=O)O. The standard InChI is InChI=1S/C21H21F20IO6S/c22-12(23)14(26,27)16(30,31)18(34,35)19(36,37)17(32,33)15(28,29)13(24,25)8-9(42)6-4-2-1-3-5-7-10(11(43)44)48-20(38,39)21(40,41)49(45,46)47/h9-10,12H,1-8H2,(H,43,44)(H,45,46,47). The van der Waals surface area contributed by atoms with Crippen molar-refractivity contribution in [3.05, 3.63) is 0 Å². The van der Waals surface area contributed by atoms with E-state index in [-0.39, 0.29) is 25.7 Å². The van der Waals surface area contributed by atoms with E-state index in [0.29, 0.717) is 0 Å². The number of halogens is 21. The quantitative estimate of drug-likeness (QED) is 0.0370. The first-order chi connectivity index (χ1) is 21.3. The molecule has 0 aliphatic carbocycles. The van der Waals surface area contributed by atoms with E-state index in [2.05, 4.69) is 4.74 Å². The fraction of sp³-hybridized carbons (Fsp3) is 0.952. The number of alkyl halides is 21. The molecule has 2 N–H and O–H groups in total. The summed E-state index contributed by atoms with van der Waals surface area (Å²) in [6.45, 7) is 0. The molecule has 0 aliphatic heterocycles. The van der Waals surface area contributed by atoms with Crippen LogP contribution >= 0.6 is 22.6 Å². The molecule has 0 spiro atoms. The van der Waals surface area contributed by atoms with Gasteiger partial charge in [0.1, 0.15) is 0 Å². The van der Waals surface area contributed by atoms with E-state index in [1.165, 1.54) is 0 Å². The number of hydrogen-bond acceptors (Lipinski definition) is 4. The lowest BCUT2D eigenvalue weighted by atomic mass is 9.88. The van der Waals surface area contributed by atoms with Crippen LogP contribution in [-0.2, 0) is 19.6 Å². The van der Waals surface area contributed by atoms with E-state index < -0.39 is 111 Å². The van der Waals surface area contributed by atoms with Gasteiger partial charge in [0.2, 0.25) is 0 Å². The zero-order chi connectivity index (χ0) is 39.7. The summed E-state index contributed by atoms with van der Waals surface area (Å²) in [5.74, 6) is -57.5. The molecular formula is C21H21F20IO6S. The highest BCUT2D eigenvalue weighted by Crippen LogP contribution is 2.63. The topological polar surface area (TPSA) is 101 Å². The summed E-state index contributed by atoms with van der Waals surface area (Å²) in [5, 5.41) is 2.55. The first-order valence-corrected chi connectivity index (χ1v) is 15.2. The van der Waals surface area contributed by atoms with Gasteiger partial charge in [-0.3, -0.25) is 9.29 Å². The van der Waals surface area contributed by atoms with Crippen molar-refractivity contribution in [1.29, 1.82) is 0 Å². The summed E-state index contributed by atoms with van der Waals surface area (Å²) in [4.78, 5) is 11.0. The monoisotopic (exact) mass is 908 g/mol. The third-order valence-electron chi connectivity index (χ3n) is 6.42. The highest BCUT2D eigenvalue weighted by molar-refractivity contribution is 14.1. The second-order valence-electron chi connectivity index (χ2n) is 10.1. The number of ether oxygens (including phenoxy) is 1. The number of hydrogen-bond donors (Lipinski definition) is 2. The third kappa shape index (κ3) is 9.19. The fourth-order valence-electron chi connectivity index (χ4n) is 3.53. The van der Waals surface area contributed by atoms with E-state index in [4.69, 9.17) is 9.66 Å². The maximum Gasteiger partial charge on any atom is 0.459 e. The second-order valence-corrected chi connectivity index (χ2v) is 13.3. The van der Waals surface area contributed by atoms with Crippen molar-refractivity contribution >= 4 is 38.7 Å². The van der Waals surface area contributed by atoms with Gasteiger partial charge in [0.25, 0.3) is 0 Å². The first kappa shape index (κ1) is 47.7. The molecule has 0 saturated heterocycles. The average molecular weight is 908 g/mol. The zero-order valence-electron chi connectivity index (χ0n) is 23.3. The molecule has 6 nitrogen and oxygen atoms in total. The normalized spacial score (nSPS) is 16.6. The molecule has 0 aliphatic rings. The van der Waals surface area contributed by atoms with E-state index in [9.17, 15) is 101 Å². The van der Waals surface area contributed by atoms with Crippen LogP contribution in [0.4, 0.5) is 87.8 Å². The molecule has 0 fully saturated rings. The number of carbonyl (C=O) groups is 1. The van der Waals surface area contributed by atoms with Gasteiger partial charge < -0.3 is 5.11 Å². The highest BCUT2D eigenvalue weighted by Gasteiger charge is 2.93.